The van der Waals surface area contributed by atoms with Crippen molar-refractivity contribution in [2.45, 2.75) is 18.7 Å². The maximum Gasteiger partial charge on any atom is 0.0450 e. The van der Waals surface area contributed by atoms with E-state index in [4.69, 9.17) is 11.6 Å². The summed E-state index contributed by atoms with van der Waals surface area (Å²) in [6.45, 7) is 4.08. The van der Waals surface area contributed by atoms with Crippen molar-refractivity contribution in [3.8, 4) is 0 Å². The zero-order valence-corrected chi connectivity index (χ0v) is 10.2. The molecule has 14 heavy (non-hydrogen) atoms. The molecule has 0 saturated heterocycles. The lowest BCUT2D eigenvalue weighted by Gasteiger charge is -2.10. The van der Waals surface area contributed by atoms with E-state index < -0.39 is 0 Å². The molecule has 0 fully saturated rings. The third kappa shape index (κ3) is 3.91. The lowest BCUT2D eigenvalue weighted by molar-refractivity contribution is 0.685. The largest absolute Gasteiger partial charge is 0.312 e. The molecule has 0 aliphatic heterocycles. The maximum atomic E-state index is 6.03. The van der Waals surface area contributed by atoms with E-state index in [-0.39, 0.29) is 0 Å². The summed E-state index contributed by atoms with van der Waals surface area (Å²) in [5.41, 5.74) is 1.17. The highest BCUT2D eigenvalue weighted by Gasteiger charge is 2.00. The van der Waals surface area contributed by atoms with E-state index in [0.717, 1.165) is 18.1 Å². The van der Waals surface area contributed by atoms with Crippen molar-refractivity contribution in [1.82, 2.24) is 5.32 Å². The molecule has 0 aliphatic rings. The maximum absolute atomic E-state index is 6.03. The predicted molar refractivity (Wildman–Crippen MR) is 66.1 cm³/mol. The molecule has 0 bridgehead atoms. The minimum Gasteiger partial charge on any atom is -0.312 e. The summed E-state index contributed by atoms with van der Waals surface area (Å²) in [6, 6.07) is 7.95. The quantitative estimate of drug-likeness (QED) is 0.833. The van der Waals surface area contributed by atoms with Gasteiger partial charge in [-0.1, -0.05) is 36.7 Å². The smallest absolute Gasteiger partial charge is 0.0450 e. The Balaban J connectivity index is 2.35. The molecular formula is C11H16ClNS. The Kier molecular flexibility index (Phi) is 5.38. The van der Waals surface area contributed by atoms with Crippen LogP contribution in [0.4, 0.5) is 0 Å². The molecule has 0 heterocycles. The van der Waals surface area contributed by atoms with Gasteiger partial charge in [0.1, 0.15) is 0 Å². The minimum absolute atomic E-state index is 0.650. The SMILES string of the molecule is CSC(C)CNCc1ccccc1Cl. The van der Waals surface area contributed by atoms with E-state index >= 15 is 0 Å². The van der Waals surface area contributed by atoms with Crippen molar-refractivity contribution < 1.29 is 0 Å². The minimum atomic E-state index is 0.650. The molecule has 0 aliphatic carbocycles. The monoisotopic (exact) mass is 229 g/mol. The number of thioether (sulfide) groups is 1. The first-order chi connectivity index (χ1) is 6.74. The van der Waals surface area contributed by atoms with Gasteiger partial charge in [0, 0.05) is 23.4 Å². The Labute approximate surface area is 95.2 Å². The Morgan fingerprint density at radius 1 is 1.43 bits per heavy atom. The fourth-order valence-corrected chi connectivity index (χ4v) is 1.62. The van der Waals surface area contributed by atoms with Crippen LogP contribution in [0, 0.1) is 0 Å². The molecule has 0 aromatic heterocycles. The lowest BCUT2D eigenvalue weighted by atomic mass is 10.2. The number of hydrogen-bond donors (Lipinski definition) is 1. The number of rotatable bonds is 5. The summed E-state index contributed by atoms with van der Waals surface area (Å²) in [7, 11) is 0. The van der Waals surface area contributed by atoms with Gasteiger partial charge in [-0.2, -0.15) is 11.8 Å². The van der Waals surface area contributed by atoms with E-state index in [1.807, 2.05) is 30.0 Å². The Bertz CT molecular complexity index is 278. The molecular weight excluding hydrogens is 214 g/mol. The number of hydrogen-bond acceptors (Lipinski definition) is 2. The summed E-state index contributed by atoms with van der Waals surface area (Å²) in [5, 5.41) is 4.88. The van der Waals surface area contributed by atoms with Gasteiger partial charge in [-0.15, -0.1) is 0 Å². The van der Waals surface area contributed by atoms with Crippen LogP contribution in [-0.2, 0) is 6.54 Å². The van der Waals surface area contributed by atoms with E-state index in [2.05, 4.69) is 24.6 Å². The fraction of sp³-hybridized carbons (Fsp3) is 0.455. The highest BCUT2D eigenvalue weighted by atomic mass is 35.5. The Hall–Kier alpha value is -0.180. The molecule has 0 saturated carbocycles. The van der Waals surface area contributed by atoms with Crippen LogP contribution in [0.1, 0.15) is 12.5 Å². The second kappa shape index (κ2) is 6.33. The average Bonchev–Trinajstić information content (AvgIpc) is 2.20. The first kappa shape index (κ1) is 11.9. The topological polar surface area (TPSA) is 12.0 Å². The normalized spacial score (nSPS) is 12.8. The number of nitrogens with one attached hydrogen (secondary N) is 1. The summed E-state index contributed by atoms with van der Waals surface area (Å²) >= 11 is 7.90. The summed E-state index contributed by atoms with van der Waals surface area (Å²) in [4.78, 5) is 0. The van der Waals surface area contributed by atoms with Crippen LogP contribution in [0.2, 0.25) is 5.02 Å². The second-order valence-electron chi connectivity index (χ2n) is 3.27. The van der Waals surface area contributed by atoms with Gasteiger partial charge in [-0.25, -0.2) is 0 Å². The molecule has 3 heteroatoms. The van der Waals surface area contributed by atoms with Gasteiger partial charge in [-0.05, 0) is 17.9 Å². The van der Waals surface area contributed by atoms with Crippen molar-refractivity contribution in [3.05, 3.63) is 34.9 Å². The van der Waals surface area contributed by atoms with Crippen molar-refractivity contribution in [3.63, 3.8) is 0 Å². The molecule has 1 rings (SSSR count). The summed E-state index contributed by atoms with van der Waals surface area (Å²) in [5.74, 6) is 0. The second-order valence-corrected chi connectivity index (χ2v) is 4.95. The lowest BCUT2D eigenvalue weighted by Crippen LogP contribution is -2.22. The van der Waals surface area contributed by atoms with Gasteiger partial charge in [0.05, 0.1) is 0 Å². The molecule has 0 amide bonds. The van der Waals surface area contributed by atoms with Crippen molar-refractivity contribution >= 4 is 23.4 Å². The van der Waals surface area contributed by atoms with Crippen molar-refractivity contribution in [2.75, 3.05) is 12.8 Å². The highest BCUT2D eigenvalue weighted by molar-refractivity contribution is 7.99. The van der Waals surface area contributed by atoms with Crippen LogP contribution < -0.4 is 5.32 Å². The number of halogens is 1. The summed E-state index contributed by atoms with van der Waals surface area (Å²) in [6.07, 6.45) is 2.13. The van der Waals surface area contributed by atoms with E-state index in [9.17, 15) is 0 Å². The first-order valence-corrected chi connectivity index (χ1v) is 6.37. The molecule has 0 radical (unpaired) electrons. The molecule has 1 N–H and O–H groups in total. The molecule has 1 aromatic carbocycles. The van der Waals surface area contributed by atoms with Crippen LogP contribution in [0.15, 0.2) is 24.3 Å². The summed E-state index contributed by atoms with van der Waals surface area (Å²) < 4.78 is 0. The van der Waals surface area contributed by atoms with Crippen LogP contribution in [0.25, 0.3) is 0 Å². The predicted octanol–water partition coefficient (Wildman–Crippen LogP) is 3.18. The molecule has 1 nitrogen and oxygen atoms in total. The van der Waals surface area contributed by atoms with Gasteiger partial charge < -0.3 is 5.32 Å². The van der Waals surface area contributed by atoms with Gasteiger partial charge >= 0.3 is 0 Å². The first-order valence-electron chi connectivity index (χ1n) is 4.71. The van der Waals surface area contributed by atoms with Gasteiger partial charge in [0.15, 0.2) is 0 Å². The van der Waals surface area contributed by atoms with Crippen molar-refractivity contribution in [2.24, 2.45) is 0 Å². The van der Waals surface area contributed by atoms with Crippen molar-refractivity contribution in [1.29, 1.82) is 0 Å². The molecule has 1 aromatic rings. The highest BCUT2D eigenvalue weighted by Crippen LogP contribution is 2.14. The van der Waals surface area contributed by atoms with Crippen LogP contribution >= 0.6 is 23.4 Å². The van der Waals surface area contributed by atoms with Gasteiger partial charge in [0.25, 0.3) is 0 Å². The Morgan fingerprint density at radius 3 is 2.79 bits per heavy atom. The third-order valence-electron chi connectivity index (χ3n) is 2.11. The zero-order chi connectivity index (χ0) is 10.4. The number of benzene rings is 1. The van der Waals surface area contributed by atoms with E-state index in [1.165, 1.54) is 5.56 Å². The standard InChI is InChI=1S/C11H16ClNS/c1-9(14-2)7-13-8-10-5-3-4-6-11(10)12/h3-6,9,13H,7-8H2,1-2H3. The van der Waals surface area contributed by atoms with E-state index in [1.54, 1.807) is 0 Å². The zero-order valence-electron chi connectivity index (χ0n) is 8.59. The van der Waals surface area contributed by atoms with E-state index in [0.29, 0.717) is 5.25 Å². The molecule has 0 spiro atoms. The third-order valence-corrected chi connectivity index (χ3v) is 3.45. The van der Waals surface area contributed by atoms with Gasteiger partial charge in [0.2, 0.25) is 0 Å². The molecule has 1 atom stereocenters. The van der Waals surface area contributed by atoms with Crippen LogP contribution in [0.3, 0.4) is 0 Å². The van der Waals surface area contributed by atoms with Crippen LogP contribution in [0.5, 0.6) is 0 Å². The average molecular weight is 230 g/mol. The molecule has 1 unspecified atom stereocenters. The Morgan fingerprint density at radius 2 is 2.14 bits per heavy atom. The van der Waals surface area contributed by atoms with Crippen LogP contribution in [-0.4, -0.2) is 18.1 Å². The van der Waals surface area contributed by atoms with Gasteiger partial charge in [-0.3, -0.25) is 0 Å². The molecule has 78 valence electrons. The fourth-order valence-electron chi connectivity index (χ4n) is 1.14.